The molecule has 0 atom stereocenters. The molecule has 7 nitrogen and oxygen atoms in total. The minimum atomic E-state index is -3.80. The van der Waals surface area contributed by atoms with Gasteiger partial charge in [-0.2, -0.15) is 0 Å². The minimum absolute atomic E-state index is 0.131. The van der Waals surface area contributed by atoms with E-state index >= 15 is 0 Å². The predicted octanol–water partition coefficient (Wildman–Crippen LogP) is 3.64. The Labute approximate surface area is 169 Å². The van der Waals surface area contributed by atoms with E-state index in [9.17, 15) is 13.2 Å². The van der Waals surface area contributed by atoms with Gasteiger partial charge in [-0.1, -0.05) is 0 Å². The minimum Gasteiger partial charge on any atom is -0.497 e. The van der Waals surface area contributed by atoms with Gasteiger partial charge in [-0.05, 0) is 68.8 Å². The average molecular weight is 414 g/mol. The van der Waals surface area contributed by atoms with Crippen molar-refractivity contribution in [3.05, 3.63) is 60.4 Å². The van der Waals surface area contributed by atoms with Gasteiger partial charge in [0.1, 0.15) is 11.4 Å². The largest absolute Gasteiger partial charge is 0.497 e. The maximum atomic E-state index is 12.9. The Morgan fingerprint density at radius 1 is 1.14 bits per heavy atom. The van der Waals surface area contributed by atoms with Crippen molar-refractivity contribution in [2.75, 3.05) is 7.11 Å². The van der Waals surface area contributed by atoms with Crippen molar-refractivity contribution < 1.29 is 22.7 Å². The number of ether oxygens (including phenoxy) is 2. The molecular weight excluding hydrogens is 392 g/mol. The van der Waals surface area contributed by atoms with Crippen molar-refractivity contribution in [1.29, 1.82) is 0 Å². The quantitative estimate of drug-likeness (QED) is 0.468. The zero-order valence-electron chi connectivity index (χ0n) is 16.6. The molecule has 0 bridgehead atoms. The Hall–Kier alpha value is -3.13. The molecule has 0 amide bonds. The lowest BCUT2D eigenvalue weighted by Gasteiger charge is -2.17. The summed E-state index contributed by atoms with van der Waals surface area (Å²) in [6.07, 6.45) is 5.86. The van der Waals surface area contributed by atoms with E-state index in [0.717, 1.165) is 3.97 Å². The highest BCUT2D eigenvalue weighted by atomic mass is 32.2. The predicted molar refractivity (Wildman–Crippen MR) is 110 cm³/mol. The van der Waals surface area contributed by atoms with Crippen LogP contribution in [0.25, 0.3) is 17.1 Å². The van der Waals surface area contributed by atoms with Crippen LogP contribution in [0.4, 0.5) is 0 Å². The van der Waals surface area contributed by atoms with Crippen LogP contribution in [0, 0.1) is 0 Å². The van der Waals surface area contributed by atoms with Crippen LogP contribution < -0.4 is 4.74 Å². The Balaban J connectivity index is 1.89. The van der Waals surface area contributed by atoms with Gasteiger partial charge < -0.3 is 9.47 Å². The molecule has 0 unspecified atom stereocenters. The molecule has 0 aliphatic carbocycles. The summed E-state index contributed by atoms with van der Waals surface area (Å²) in [5, 5.41) is 0.633. The highest BCUT2D eigenvalue weighted by Crippen LogP contribution is 2.23. The van der Waals surface area contributed by atoms with E-state index in [4.69, 9.17) is 9.47 Å². The van der Waals surface area contributed by atoms with Gasteiger partial charge in [0.15, 0.2) is 5.65 Å². The molecule has 1 aromatic carbocycles. The molecule has 3 aromatic rings. The van der Waals surface area contributed by atoms with E-state index in [1.165, 1.54) is 37.7 Å². The summed E-state index contributed by atoms with van der Waals surface area (Å²) >= 11 is 0. The first-order valence-corrected chi connectivity index (χ1v) is 10.3. The molecule has 29 heavy (non-hydrogen) atoms. The fraction of sp³-hybridized carbons (Fsp3) is 0.238. The molecule has 0 N–H and O–H groups in total. The number of pyridine rings is 1. The third kappa shape index (κ3) is 4.65. The van der Waals surface area contributed by atoms with Gasteiger partial charge in [-0.15, -0.1) is 0 Å². The molecule has 3 rings (SSSR count). The number of hydrogen-bond acceptors (Lipinski definition) is 6. The van der Waals surface area contributed by atoms with E-state index in [-0.39, 0.29) is 4.90 Å². The lowest BCUT2D eigenvalue weighted by molar-refractivity contribution is -0.148. The van der Waals surface area contributed by atoms with Crippen LogP contribution in [0.1, 0.15) is 26.3 Å². The maximum absolute atomic E-state index is 12.9. The van der Waals surface area contributed by atoms with Gasteiger partial charge in [0.2, 0.25) is 0 Å². The lowest BCUT2D eigenvalue weighted by atomic mass is 10.2. The third-order valence-electron chi connectivity index (χ3n) is 3.95. The summed E-state index contributed by atoms with van der Waals surface area (Å²) in [5.41, 5.74) is 0.384. The molecule has 2 aromatic heterocycles. The fourth-order valence-corrected chi connectivity index (χ4v) is 3.97. The van der Waals surface area contributed by atoms with Crippen LogP contribution >= 0.6 is 0 Å². The highest BCUT2D eigenvalue weighted by molar-refractivity contribution is 7.90. The van der Waals surface area contributed by atoms with Crippen LogP contribution in [-0.4, -0.2) is 36.1 Å². The molecule has 0 aliphatic heterocycles. The highest BCUT2D eigenvalue weighted by Gasteiger charge is 2.20. The van der Waals surface area contributed by atoms with Crippen molar-refractivity contribution in [2.24, 2.45) is 0 Å². The van der Waals surface area contributed by atoms with E-state index in [1.54, 1.807) is 51.1 Å². The number of rotatable bonds is 5. The first kappa shape index (κ1) is 20.6. The summed E-state index contributed by atoms with van der Waals surface area (Å²) in [7, 11) is -2.28. The number of carbonyl (C=O) groups excluding carboxylic acids is 1. The third-order valence-corrected chi connectivity index (χ3v) is 5.63. The molecule has 0 fully saturated rings. The second-order valence-electron chi connectivity index (χ2n) is 7.34. The van der Waals surface area contributed by atoms with Crippen molar-refractivity contribution in [2.45, 2.75) is 31.3 Å². The van der Waals surface area contributed by atoms with E-state index in [0.29, 0.717) is 22.3 Å². The van der Waals surface area contributed by atoms with Gasteiger partial charge in [-0.3, -0.25) is 0 Å². The molecular formula is C21H22N2O5S. The summed E-state index contributed by atoms with van der Waals surface area (Å²) in [6.45, 7) is 5.37. The second kappa shape index (κ2) is 7.71. The SMILES string of the molecule is COc1ccc(S(=O)(=O)n2ccc3cc(C=CC(=O)OC(C)(C)C)cnc32)cc1. The first-order chi connectivity index (χ1) is 13.6. The number of fused-ring (bicyclic) bond motifs is 1. The van der Waals surface area contributed by atoms with Gasteiger partial charge in [0, 0.05) is 23.9 Å². The molecule has 0 saturated carbocycles. The summed E-state index contributed by atoms with van der Waals surface area (Å²) < 4.78 is 37.3. The number of esters is 1. The van der Waals surface area contributed by atoms with Gasteiger partial charge in [0.05, 0.1) is 12.0 Å². The van der Waals surface area contributed by atoms with Crippen molar-refractivity contribution in [3.8, 4) is 5.75 Å². The van der Waals surface area contributed by atoms with Gasteiger partial charge in [0.25, 0.3) is 10.0 Å². The van der Waals surface area contributed by atoms with E-state index in [1.807, 2.05) is 0 Å². The topological polar surface area (TPSA) is 87.5 Å². The molecule has 8 heteroatoms. The Bertz CT molecular complexity index is 1170. The van der Waals surface area contributed by atoms with Gasteiger partial charge in [-0.25, -0.2) is 22.2 Å². The molecule has 0 saturated heterocycles. The van der Waals surface area contributed by atoms with Crippen LogP contribution in [0.3, 0.4) is 0 Å². The van der Waals surface area contributed by atoms with E-state index < -0.39 is 21.6 Å². The maximum Gasteiger partial charge on any atom is 0.331 e. The van der Waals surface area contributed by atoms with E-state index in [2.05, 4.69) is 4.98 Å². The molecule has 0 aliphatic rings. The molecule has 2 heterocycles. The molecule has 152 valence electrons. The van der Waals surface area contributed by atoms with Crippen LogP contribution in [0.5, 0.6) is 5.75 Å². The zero-order valence-corrected chi connectivity index (χ0v) is 17.4. The Morgan fingerprint density at radius 2 is 1.83 bits per heavy atom. The number of aromatic nitrogens is 2. The lowest BCUT2D eigenvalue weighted by Crippen LogP contribution is -2.22. The van der Waals surface area contributed by atoms with Gasteiger partial charge >= 0.3 is 5.97 Å². The van der Waals surface area contributed by atoms with Crippen LogP contribution in [0.15, 0.2) is 59.8 Å². The van der Waals surface area contributed by atoms with Crippen molar-refractivity contribution in [1.82, 2.24) is 8.96 Å². The summed E-state index contributed by atoms with van der Waals surface area (Å²) in [4.78, 5) is 16.2. The normalized spacial score (nSPS) is 12.4. The monoisotopic (exact) mass is 414 g/mol. The second-order valence-corrected chi connectivity index (χ2v) is 9.16. The standard InChI is InChI=1S/C21H22N2O5S/c1-21(2,3)28-19(24)10-5-15-13-16-11-12-23(20(16)22-14-15)29(25,26)18-8-6-17(27-4)7-9-18/h5-14H,1-4H3. The number of methoxy groups -OCH3 is 1. The smallest absolute Gasteiger partial charge is 0.331 e. The first-order valence-electron chi connectivity index (χ1n) is 8.88. The number of benzene rings is 1. The molecule has 0 radical (unpaired) electrons. The average Bonchev–Trinajstić information content (AvgIpc) is 3.09. The zero-order chi connectivity index (χ0) is 21.2. The Kier molecular flexibility index (Phi) is 5.48. The fourth-order valence-electron chi connectivity index (χ4n) is 2.66. The number of nitrogens with zero attached hydrogens (tertiary/aromatic N) is 2. The Morgan fingerprint density at radius 3 is 2.45 bits per heavy atom. The van der Waals surface area contributed by atoms with Crippen LogP contribution in [0.2, 0.25) is 0 Å². The number of carbonyl (C=O) groups is 1. The van der Waals surface area contributed by atoms with Crippen LogP contribution in [-0.2, 0) is 19.6 Å². The summed E-state index contributed by atoms with van der Waals surface area (Å²) in [6, 6.07) is 9.56. The molecule has 0 spiro atoms. The van der Waals surface area contributed by atoms with Crippen molar-refractivity contribution in [3.63, 3.8) is 0 Å². The summed E-state index contributed by atoms with van der Waals surface area (Å²) in [5.74, 6) is 0.109. The van der Waals surface area contributed by atoms with Crippen molar-refractivity contribution >= 4 is 33.1 Å². The number of hydrogen-bond donors (Lipinski definition) is 0.